The minimum Gasteiger partial charge on any atom is -0.409 e. The standard InChI is InChI=1S/C12H17N5O2S/c1-20-12(11(13)16-19)2-4-17(5-3-12)10(18)9-6-14-8-15-7-9/h6-8,19H,2-5H2,1H3,(H2,13,16). The third-order valence-corrected chi connectivity index (χ3v) is 5.03. The number of amidine groups is 1. The molecule has 0 saturated carbocycles. The molecule has 2 heterocycles. The molecule has 0 atom stereocenters. The SMILES string of the molecule is CSC1(C(N)=NO)CCN(C(=O)c2cncnc2)CC1. The van der Waals surface area contributed by atoms with Gasteiger partial charge in [0, 0.05) is 25.5 Å². The predicted molar refractivity (Wildman–Crippen MR) is 76.8 cm³/mol. The molecule has 8 heteroatoms. The molecule has 1 aliphatic rings. The first-order valence-electron chi connectivity index (χ1n) is 6.20. The summed E-state index contributed by atoms with van der Waals surface area (Å²) in [6, 6.07) is 0. The van der Waals surface area contributed by atoms with Crippen LogP contribution in [0.1, 0.15) is 23.2 Å². The number of oxime groups is 1. The van der Waals surface area contributed by atoms with E-state index < -0.39 is 4.75 Å². The number of hydrogen-bond donors (Lipinski definition) is 2. The molecule has 7 nitrogen and oxygen atoms in total. The van der Waals surface area contributed by atoms with Crippen molar-refractivity contribution in [3.05, 3.63) is 24.3 Å². The number of carbonyl (C=O) groups excluding carboxylic acids is 1. The highest BCUT2D eigenvalue weighted by Gasteiger charge is 2.39. The van der Waals surface area contributed by atoms with Crippen molar-refractivity contribution in [2.24, 2.45) is 10.9 Å². The van der Waals surface area contributed by atoms with Gasteiger partial charge in [0.05, 0.1) is 10.3 Å². The van der Waals surface area contributed by atoms with Gasteiger partial charge in [0.1, 0.15) is 6.33 Å². The van der Waals surface area contributed by atoms with E-state index in [-0.39, 0.29) is 11.7 Å². The van der Waals surface area contributed by atoms with Crippen LogP contribution in [0, 0.1) is 0 Å². The lowest BCUT2D eigenvalue weighted by atomic mass is 9.94. The van der Waals surface area contributed by atoms with Crippen molar-refractivity contribution in [2.75, 3.05) is 19.3 Å². The molecule has 0 bridgehead atoms. The summed E-state index contributed by atoms with van der Waals surface area (Å²) in [6.07, 6.45) is 7.66. The molecule has 0 unspecified atom stereocenters. The molecule has 1 fully saturated rings. The van der Waals surface area contributed by atoms with Crippen molar-refractivity contribution in [1.82, 2.24) is 14.9 Å². The van der Waals surface area contributed by atoms with Gasteiger partial charge in [0.25, 0.3) is 5.91 Å². The van der Waals surface area contributed by atoms with Gasteiger partial charge in [0.2, 0.25) is 0 Å². The van der Waals surface area contributed by atoms with E-state index in [1.54, 1.807) is 16.7 Å². The Kier molecular flexibility index (Phi) is 4.43. The second-order valence-electron chi connectivity index (χ2n) is 4.60. The first-order valence-corrected chi connectivity index (χ1v) is 7.43. The third kappa shape index (κ3) is 2.69. The Morgan fingerprint density at radius 3 is 2.55 bits per heavy atom. The van der Waals surface area contributed by atoms with Gasteiger partial charge < -0.3 is 15.8 Å². The molecule has 0 spiro atoms. The summed E-state index contributed by atoms with van der Waals surface area (Å²) in [4.78, 5) is 21.7. The minimum atomic E-state index is -0.390. The van der Waals surface area contributed by atoms with Gasteiger partial charge in [0.15, 0.2) is 5.84 Å². The molecule has 0 aliphatic carbocycles. The van der Waals surface area contributed by atoms with Crippen LogP contribution in [0.5, 0.6) is 0 Å². The summed E-state index contributed by atoms with van der Waals surface area (Å²) < 4.78 is -0.390. The Morgan fingerprint density at radius 1 is 1.45 bits per heavy atom. The summed E-state index contributed by atoms with van der Waals surface area (Å²) in [5, 5.41) is 12.0. The van der Waals surface area contributed by atoms with Crippen LogP contribution in [0.15, 0.2) is 23.9 Å². The van der Waals surface area contributed by atoms with Crippen LogP contribution in [0.2, 0.25) is 0 Å². The second kappa shape index (κ2) is 6.08. The van der Waals surface area contributed by atoms with Crippen molar-refractivity contribution < 1.29 is 10.0 Å². The molecule has 108 valence electrons. The minimum absolute atomic E-state index is 0.0835. The van der Waals surface area contributed by atoms with E-state index in [0.29, 0.717) is 31.5 Å². The molecule has 20 heavy (non-hydrogen) atoms. The number of hydrogen-bond acceptors (Lipinski definition) is 6. The van der Waals surface area contributed by atoms with E-state index in [4.69, 9.17) is 10.9 Å². The number of amides is 1. The van der Waals surface area contributed by atoms with Crippen LogP contribution in [-0.2, 0) is 0 Å². The van der Waals surface area contributed by atoms with Crippen molar-refractivity contribution in [2.45, 2.75) is 17.6 Å². The maximum atomic E-state index is 12.3. The van der Waals surface area contributed by atoms with Gasteiger partial charge >= 0.3 is 0 Å². The maximum Gasteiger partial charge on any atom is 0.256 e. The number of nitrogens with two attached hydrogens (primary N) is 1. The molecule has 1 saturated heterocycles. The lowest BCUT2D eigenvalue weighted by Crippen LogP contribution is -2.51. The van der Waals surface area contributed by atoms with Gasteiger partial charge in [-0.1, -0.05) is 5.16 Å². The van der Waals surface area contributed by atoms with E-state index in [2.05, 4.69) is 15.1 Å². The quantitative estimate of drug-likeness (QED) is 0.365. The number of aromatic nitrogens is 2. The third-order valence-electron chi connectivity index (χ3n) is 3.63. The normalized spacial score (nSPS) is 18.9. The van der Waals surface area contributed by atoms with E-state index in [1.807, 2.05) is 6.26 Å². The number of nitrogens with zero attached hydrogens (tertiary/aromatic N) is 4. The molecule has 0 aromatic carbocycles. The van der Waals surface area contributed by atoms with Crippen molar-refractivity contribution in [3.8, 4) is 0 Å². The van der Waals surface area contributed by atoms with E-state index in [1.165, 1.54) is 18.7 Å². The van der Waals surface area contributed by atoms with Crippen LogP contribution in [0.25, 0.3) is 0 Å². The van der Waals surface area contributed by atoms with Crippen LogP contribution in [0.3, 0.4) is 0 Å². The van der Waals surface area contributed by atoms with Crippen LogP contribution >= 0.6 is 11.8 Å². The lowest BCUT2D eigenvalue weighted by Gasteiger charge is -2.39. The van der Waals surface area contributed by atoms with Crippen LogP contribution in [0.4, 0.5) is 0 Å². The molecule has 1 amide bonds. The number of piperidine rings is 1. The fourth-order valence-electron chi connectivity index (χ4n) is 2.32. The topological polar surface area (TPSA) is 105 Å². The summed E-state index contributed by atoms with van der Waals surface area (Å²) in [5.41, 5.74) is 6.26. The zero-order chi connectivity index (χ0) is 14.6. The maximum absolute atomic E-state index is 12.3. The first-order chi connectivity index (χ1) is 9.63. The highest BCUT2D eigenvalue weighted by atomic mass is 32.2. The number of rotatable bonds is 3. The lowest BCUT2D eigenvalue weighted by molar-refractivity contribution is 0.0717. The molecular weight excluding hydrogens is 278 g/mol. The number of carbonyl (C=O) groups is 1. The van der Waals surface area contributed by atoms with E-state index in [0.717, 1.165) is 0 Å². The first kappa shape index (κ1) is 14.6. The zero-order valence-electron chi connectivity index (χ0n) is 11.2. The molecule has 1 aliphatic heterocycles. The number of thioether (sulfide) groups is 1. The van der Waals surface area contributed by atoms with Gasteiger partial charge in [-0.25, -0.2) is 9.97 Å². The average molecular weight is 295 g/mol. The molecule has 0 radical (unpaired) electrons. The summed E-state index contributed by atoms with van der Waals surface area (Å²) >= 11 is 1.56. The molecule has 2 rings (SSSR count). The van der Waals surface area contributed by atoms with E-state index in [9.17, 15) is 4.79 Å². The molecule has 1 aromatic heterocycles. The fourth-order valence-corrected chi connectivity index (χ4v) is 3.16. The zero-order valence-corrected chi connectivity index (χ0v) is 12.0. The Labute approximate surface area is 121 Å². The monoisotopic (exact) mass is 295 g/mol. The van der Waals surface area contributed by atoms with Gasteiger partial charge in [-0.2, -0.15) is 11.8 Å². The smallest absolute Gasteiger partial charge is 0.256 e. The second-order valence-corrected chi connectivity index (χ2v) is 5.79. The summed E-state index contributed by atoms with van der Waals surface area (Å²) in [5.74, 6) is 0.139. The van der Waals surface area contributed by atoms with Crippen molar-refractivity contribution >= 4 is 23.5 Å². The van der Waals surface area contributed by atoms with Gasteiger partial charge in [-0.15, -0.1) is 0 Å². The average Bonchev–Trinajstić information content (AvgIpc) is 2.54. The Morgan fingerprint density at radius 2 is 2.05 bits per heavy atom. The fraction of sp³-hybridized carbons (Fsp3) is 0.500. The largest absolute Gasteiger partial charge is 0.409 e. The van der Waals surface area contributed by atoms with Crippen LogP contribution in [-0.4, -0.2) is 55.9 Å². The Balaban J connectivity index is 2.06. The summed E-state index contributed by atoms with van der Waals surface area (Å²) in [6.45, 7) is 1.12. The Bertz CT molecular complexity index is 500. The summed E-state index contributed by atoms with van der Waals surface area (Å²) in [7, 11) is 0. The Hall–Kier alpha value is -1.83. The molecule has 3 N–H and O–H groups in total. The van der Waals surface area contributed by atoms with Crippen molar-refractivity contribution in [3.63, 3.8) is 0 Å². The highest BCUT2D eigenvalue weighted by Crippen LogP contribution is 2.35. The van der Waals surface area contributed by atoms with Gasteiger partial charge in [-0.05, 0) is 19.1 Å². The van der Waals surface area contributed by atoms with E-state index >= 15 is 0 Å². The highest BCUT2D eigenvalue weighted by molar-refractivity contribution is 8.00. The van der Waals surface area contributed by atoms with Crippen LogP contribution < -0.4 is 5.73 Å². The van der Waals surface area contributed by atoms with Crippen molar-refractivity contribution in [1.29, 1.82) is 0 Å². The predicted octanol–water partition coefficient (Wildman–Crippen LogP) is 0.561. The molecular formula is C12H17N5O2S. The van der Waals surface area contributed by atoms with Gasteiger partial charge in [-0.3, -0.25) is 4.79 Å². The number of likely N-dealkylation sites (tertiary alicyclic amines) is 1. The molecule has 1 aromatic rings.